The number of unbranched alkanes of at least 4 members (excludes halogenated alkanes) is 2. The van der Waals surface area contributed by atoms with Crippen LogP contribution in [-0.2, 0) is 13.0 Å². The average Bonchev–Trinajstić information content (AvgIpc) is 3.14. The van der Waals surface area contributed by atoms with Gasteiger partial charge in [0.1, 0.15) is 0 Å². The van der Waals surface area contributed by atoms with Crippen LogP contribution in [0.1, 0.15) is 50.8 Å². The molecule has 0 spiro atoms. The summed E-state index contributed by atoms with van der Waals surface area (Å²) in [6.07, 6.45) is 4.91. The summed E-state index contributed by atoms with van der Waals surface area (Å²) in [5.74, 6) is 0.554. The van der Waals surface area contributed by atoms with Gasteiger partial charge in [-0.1, -0.05) is 26.7 Å². The zero-order valence-electron chi connectivity index (χ0n) is 17.5. The smallest absolute Gasteiger partial charge is 0.315 e. The Bertz CT molecular complexity index is 849. The Kier molecular flexibility index (Phi) is 7.09. The summed E-state index contributed by atoms with van der Waals surface area (Å²) in [5, 5.41) is 19.4. The third-order valence-electron chi connectivity index (χ3n) is 5.27. The molecule has 2 heterocycles. The van der Waals surface area contributed by atoms with Crippen LogP contribution >= 0.6 is 0 Å². The van der Waals surface area contributed by atoms with Gasteiger partial charge in [0.25, 0.3) is 0 Å². The maximum atomic E-state index is 11.8. The zero-order valence-corrected chi connectivity index (χ0v) is 17.5. The quantitative estimate of drug-likeness (QED) is 0.361. The van der Waals surface area contributed by atoms with Crippen LogP contribution in [0.15, 0.2) is 12.1 Å². The first-order chi connectivity index (χ1) is 14.1. The molecule has 0 amide bonds. The topological polar surface area (TPSA) is 93.5 Å². The van der Waals surface area contributed by atoms with E-state index in [1.54, 1.807) is 12.1 Å². The predicted molar refractivity (Wildman–Crippen MR) is 112 cm³/mol. The molecule has 0 radical (unpaired) electrons. The van der Waals surface area contributed by atoms with E-state index < -0.39 is 4.92 Å². The second kappa shape index (κ2) is 9.73. The molecule has 158 valence electrons. The molecular formula is C21H30N4O4. The summed E-state index contributed by atoms with van der Waals surface area (Å²) in [7, 11) is 1.50. The van der Waals surface area contributed by atoms with Gasteiger partial charge in [0.05, 0.1) is 24.3 Å². The SMILES string of the molecule is CCCCCOc1c(OC)cc(-c2n[nH]c3c2CN(CCC)CC3)cc1[N+](=O)[O-]. The van der Waals surface area contributed by atoms with E-state index >= 15 is 0 Å². The number of rotatable bonds is 10. The van der Waals surface area contributed by atoms with Gasteiger partial charge in [-0.15, -0.1) is 0 Å². The van der Waals surface area contributed by atoms with Crippen molar-refractivity contribution in [3.63, 3.8) is 0 Å². The molecule has 2 aromatic rings. The molecule has 0 atom stereocenters. The molecule has 1 aliphatic heterocycles. The second-order valence-electron chi connectivity index (χ2n) is 7.39. The number of hydrogen-bond donors (Lipinski definition) is 1. The van der Waals surface area contributed by atoms with E-state index in [-0.39, 0.29) is 11.4 Å². The number of hydrogen-bond acceptors (Lipinski definition) is 6. The molecule has 1 aromatic carbocycles. The Balaban J connectivity index is 1.96. The molecule has 1 N–H and O–H groups in total. The number of aromatic amines is 1. The highest BCUT2D eigenvalue weighted by Gasteiger charge is 2.27. The number of benzene rings is 1. The summed E-state index contributed by atoms with van der Waals surface area (Å²) >= 11 is 0. The van der Waals surface area contributed by atoms with Gasteiger partial charge in [-0.2, -0.15) is 5.10 Å². The Morgan fingerprint density at radius 2 is 2.10 bits per heavy atom. The fourth-order valence-electron chi connectivity index (χ4n) is 3.78. The number of aromatic nitrogens is 2. The minimum Gasteiger partial charge on any atom is -0.493 e. The number of nitrogens with zero attached hydrogens (tertiary/aromatic N) is 3. The largest absolute Gasteiger partial charge is 0.493 e. The highest BCUT2D eigenvalue weighted by molar-refractivity contribution is 5.73. The number of nitro groups is 1. The highest BCUT2D eigenvalue weighted by Crippen LogP contribution is 2.42. The number of nitro benzene ring substituents is 1. The highest BCUT2D eigenvalue weighted by atomic mass is 16.6. The number of fused-ring (bicyclic) bond motifs is 1. The van der Waals surface area contributed by atoms with Crippen molar-refractivity contribution >= 4 is 5.69 Å². The lowest BCUT2D eigenvalue weighted by atomic mass is 10.00. The first kappa shape index (κ1) is 21.1. The molecule has 3 rings (SSSR count). The monoisotopic (exact) mass is 402 g/mol. The molecule has 0 fully saturated rings. The van der Waals surface area contributed by atoms with Gasteiger partial charge >= 0.3 is 5.69 Å². The molecule has 1 aromatic heterocycles. The minimum atomic E-state index is -0.413. The molecule has 29 heavy (non-hydrogen) atoms. The molecule has 0 saturated carbocycles. The van der Waals surface area contributed by atoms with Gasteiger partial charge in [-0.25, -0.2) is 0 Å². The predicted octanol–water partition coefficient (Wildman–Crippen LogP) is 4.33. The van der Waals surface area contributed by atoms with Crippen LogP contribution in [0.25, 0.3) is 11.3 Å². The van der Waals surface area contributed by atoms with Crippen LogP contribution in [-0.4, -0.2) is 46.8 Å². The standard InChI is InChI=1S/C21H30N4O4/c1-4-6-7-11-29-21-18(25(26)27)12-15(13-19(21)28-3)20-16-14-24(9-5-2)10-8-17(16)22-23-20/h12-13H,4-11,14H2,1-3H3,(H,22,23). The Hall–Kier alpha value is -2.61. The molecule has 0 unspecified atom stereocenters. The summed E-state index contributed by atoms with van der Waals surface area (Å²) in [5.41, 5.74) is 3.55. The molecule has 1 aliphatic rings. The van der Waals surface area contributed by atoms with Crippen molar-refractivity contribution in [2.75, 3.05) is 26.8 Å². The molecular weight excluding hydrogens is 372 g/mol. The van der Waals surface area contributed by atoms with Crippen molar-refractivity contribution < 1.29 is 14.4 Å². The lowest BCUT2D eigenvalue weighted by Gasteiger charge is -2.26. The number of nitrogens with one attached hydrogen (secondary N) is 1. The number of ether oxygens (including phenoxy) is 2. The van der Waals surface area contributed by atoms with Gasteiger partial charge in [-0.05, 0) is 25.5 Å². The fraction of sp³-hybridized carbons (Fsp3) is 0.571. The Morgan fingerprint density at radius 3 is 2.79 bits per heavy atom. The summed E-state index contributed by atoms with van der Waals surface area (Å²) in [6, 6.07) is 3.34. The van der Waals surface area contributed by atoms with Crippen LogP contribution in [0.2, 0.25) is 0 Å². The molecule has 8 heteroatoms. The van der Waals surface area contributed by atoms with Crippen molar-refractivity contribution in [1.82, 2.24) is 15.1 Å². The molecule has 0 aliphatic carbocycles. The maximum Gasteiger partial charge on any atom is 0.315 e. The van der Waals surface area contributed by atoms with Crippen LogP contribution in [0.5, 0.6) is 11.5 Å². The van der Waals surface area contributed by atoms with E-state index in [0.717, 1.165) is 68.7 Å². The molecule has 0 bridgehead atoms. The number of H-pyrrole nitrogens is 1. The summed E-state index contributed by atoms with van der Waals surface area (Å²) in [4.78, 5) is 13.7. The van der Waals surface area contributed by atoms with Crippen LogP contribution in [0.4, 0.5) is 5.69 Å². The third-order valence-corrected chi connectivity index (χ3v) is 5.27. The normalized spacial score (nSPS) is 13.9. The lowest BCUT2D eigenvalue weighted by molar-refractivity contribution is -0.385. The first-order valence-electron chi connectivity index (χ1n) is 10.4. The van der Waals surface area contributed by atoms with E-state index in [1.807, 2.05) is 0 Å². The number of methoxy groups -OCH3 is 1. The maximum absolute atomic E-state index is 11.8. The van der Waals surface area contributed by atoms with E-state index in [1.165, 1.54) is 7.11 Å². The zero-order chi connectivity index (χ0) is 20.8. The minimum absolute atomic E-state index is 0.0891. The van der Waals surface area contributed by atoms with Crippen LogP contribution < -0.4 is 9.47 Å². The first-order valence-corrected chi connectivity index (χ1v) is 10.4. The van der Waals surface area contributed by atoms with Gasteiger partial charge in [0, 0.05) is 42.4 Å². The fourth-order valence-corrected chi connectivity index (χ4v) is 3.78. The van der Waals surface area contributed by atoms with Crippen molar-refractivity contribution in [2.45, 2.75) is 52.5 Å². The van der Waals surface area contributed by atoms with Crippen molar-refractivity contribution in [3.05, 3.63) is 33.5 Å². The van der Waals surface area contributed by atoms with Crippen molar-refractivity contribution in [3.8, 4) is 22.8 Å². The van der Waals surface area contributed by atoms with Crippen molar-refractivity contribution in [2.24, 2.45) is 0 Å². The summed E-state index contributed by atoms with van der Waals surface area (Å²) < 4.78 is 11.2. The van der Waals surface area contributed by atoms with E-state index in [2.05, 4.69) is 28.9 Å². The van der Waals surface area contributed by atoms with Crippen LogP contribution in [0, 0.1) is 10.1 Å². The summed E-state index contributed by atoms with van der Waals surface area (Å²) in [6.45, 7) is 7.51. The Labute approximate surface area is 171 Å². The molecule has 8 nitrogen and oxygen atoms in total. The van der Waals surface area contributed by atoms with Gasteiger partial charge in [0.2, 0.25) is 5.75 Å². The second-order valence-corrected chi connectivity index (χ2v) is 7.39. The Morgan fingerprint density at radius 1 is 1.28 bits per heavy atom. The van der Waals surface area contributed by atoms with Gasteiger partial charge in [-0.3, -0.25) is 20.1 Å². The lowest BCUT2D eigenvalue weighted by Crippen LogP contribution is -2.31. The van der Waals surface area contributed by atoms with E-state index in [9.17, 15) is 10.1 Å². The van der Waals surface area contributed by atoms with E-state index in [0.29, 0.717) is 17.9 Å². The van der Waals surface area contributed by atoms with E-state index in [4.69, 9.17) is 9.47 Å². The third kappa shape index (κ3) is 4.70. The van der Waals surface area contributed by atoms with Crippen molar-refractivity contribution in [1.29, 1.82) is 0 Å². The molecule has 0 saturated heterocycles. The average molecular weight is 402 g/mol. The van der Waals surface area contributed by atoms with Gasteiger partial charge in [0.15, 0.2) is 5.75 Å². The van der Waals surface area contributed by atoms with Gasteiger partial charge < -0.3 is 9.47 Å². The van der Waals surface area contributed by atoms with Crippen LogP contribution in [0.3, 0.4) is 0 Å².